The third-order valence-electron chi connectivity index (χ3n) is 6.57. The summed E-state index contributed by atoms with van der Waals surface area (Å²) >= 11 is 1.61. The number of carbonyl (C=O) groups excluding carboxylic acids is 2. The van der Waals surface area contributed by atoms with Crippen LogP contribution in [-0.2, 0) is 4.79 Å². The maximum Gasteiger partial charge on any atom is 0.252 e. The average molecular weight is 445 g/mol. The number of anilines is 1. The molecule has 3 heterocycles. The van der Waals surface area contributed by atoms with Crippen molar-refractivity contribution < 1.29 is 9.59 Å². The van der Waals surface area contributed by atoms with Gasteiger partial charge in [0.1, 0.15) is 5.37 Å². The molecule has 2 N–H and O–H groups in total. The zero-order valence-corrected chi connectivity index (χ0v) is 19.7. The molecule has 2 amide bonds. The van der Waals surface area contributed by atoms with Crippen LogP contribution >= 0.6 is 11.8 Å². The minimum absolute atomic E-state index is 0.0296. The number of nitrogens with zero attached hydrogens (tertiary/aromatic N) is 2. The third kappa shape index (κ3) is 5.82. The highest BCUT2D eigenvalue weighted by Crippen LogP contribution is 2.38. The van der Waals surface area contributed by atoms with Crippen LogP contribution in [0.25, 0.3) is 0 Å². The third-order valence-corrected chi connectivity index (χ3v) is 7.91. The molecule has 3 aliphatic heterocycles. The molecule has 0 saturated carbocycles. The van der Waals surface area contributed by atoms with E-state index in [0.717, 1.165) is 61.3 Å². The van der Waals surface area contributed by atoms with Crippen LogP contribution < -0.4 is 10.6 Å². The highest BCUT2D eigenvalue weighted by Gasteiger charge is 2.33. The van der Waals surface area contributed by atoms with Crippen molar-refractivity contribution in [3.05, 3.63) is 23.8 Å². The predicted octanol–water partition coefficient (Wildman–Crippen LogP) is 3.64. The van der Waals surface area contributed by atoms with Crippen molar-refractivity contribution in [2.24, 2.45) is 11.8 Å². The van der Waals surface area contributed by atoms with Gasteiger partial charge in [0.25, 0.3) is 11.8 Å². The fraction of sp³-hybridized carbons (Fsp3) is 0.667. The fourth-order valence-corrected chi connectivity index (χ4v) is 6.36. The maximum absolute atomic E-state index is 12.7. The highest BCUT2D eigenvalue weighted by atomic mass is 32.2. The molecular weight excluding hydrogens is 408 g/mol. The number of rotatable bonds is 6. The molecule has 0 aliphatic carbocycles. The molecule has 0 spiro atoms. The van der Waals surface area contributed by atoms with Gasteiger partial charge in [-0.05, 0) is 75.4 Å². The molecule has 3 aliphatic rings. The summed E-state index contributed by atoms with van der Waals surface area (Å²) in [6.45, 7) is 10.7. The topological polar surface area (TPSA) is 64.7 Å². The Morgan fingerprint density at radius 2 is 1.90 bits per heavy atom. The Labute approximate surface area is 190 Å². The summed E-state index contributed by atoms with van der Waals surface area (Å²) in [6.07, 6.45) is 5.85. The monoisotopic (exact) mass is 444 g/mol. The molecule has 0 bridgehead atoms. The van der Waals surface area contributed by atoms with Gasteiger partial charge in [0.15, 0.2) is 0 Å². The van der Waals surface area contributed by atoms with Crippen molar-refractivity contribution >= 4 is 29.3 Å². The average Bonchev–Trinajstić information content (AvgIpc) is 2.75. The first-order valence-corrected chi connectivity index (χ1v) is 12.7. The summed E-state index contributed by atoms with van der Waals surface area (Å²) in [4.78, 5) is 31.1. The normalized spacial score (nSPS) is 27.4. The Balaban J connectivity index is 1.27. The molecule has 4 rings (SSSR count). The van der Waals surface area contributed by atoms with Crippen LogP contribution in [0, 0.1) is 11.8 Å². The zero-order valence-electron chi connectivity index (χ0n) is 18.9. The largest absolute Gasteiger partial charge is 0.352 e. The minimum Gasteiger partial charge on any atom is -0.352 e. The predicted molar refractivity (Wildman–Crippen MR) is 126 cm³/mol. The van der Waals surface area contributed by atoms with Gasteiger partial charge in [-0.3, -0.25) is 14.5 Å². The van der Waals surface area contributed by atoms with Crippen molar-refractivity contribution in [1.82, 2.24) is 15.1 Å². The number of likely N-dealkylation sites (tertiary alicyclic amines) is 2. The summed E-state index contributed by atoms with van der Waals surface area (Å²) in [7, 11) is 0. The van der Waals surface area contributed by atoms with Crippen molar-refractivity contribution in [3.8, 4) is 0 Å². The molecule has 1 aromatic carbocycles. The van der Waals surface area contributed by atoms with E-state index in [1.807, 2.05) is 18.2 Å². The van der Waals surface area contributed by atoms with Gasteiger partial charge in [-0.15, -0.1) is 0 Å². The van der Waals surface area contributed by atoms with Crippen LogP contribution in [0.5, 0.6) is 0 Å². The number of thioether (sulfide) groups is 1. The standard InChI is InChI=1S/C24H36N4O2S/c1-17-13-18(2)16-27(15-17)10-6-9-25-22(29)19-7-8-21-20(14-19)26-23(30)24(31-21)28-11-4-3-5-12-28/h7-8,14,17-18,24H,3-6,9-13,15-16H2,1-2H3,(H,25,29)(H,26,30)/t17-,18-,24+/m1/s1. The molecule has 7 heteroatoms. The van der Waals surface area contributed by atoms with E-state index in [1.54, 1.807) is 11.8 Å². The van der Waals surface area contributed by atoms with Gasteiger partial charge >= 0.3 is 0 Å². The Morgan fingerprint density at radius 3 is 2.65 bits per heavy atom. The maximum atomic E-state index is 12.7. The van der Waals surface area contributed by atoms with E-state index in [9.17, 15) is 9.59 Å². The number of hydrogen-bond donors (Lipinski definition) is 2. The highest BCUT2D eigenvalue weighted by molar-refractivity contribution is 8.00. The lowest BCUT2D eigenvalue weighted by Gasteiger charge is -2.35. The minimum atomic E-state index is -0.160. The Hall–Kier alpha value is -1.57. The zero-order chi connectivity index (χ0) is 21.8. The van der Waals surface area contributed by atoms with E-state index in [1.165, 1.54) is 25.9 Å². The van der Waals surface area contributed by atoms with E-state index in [2.05, 4.69) is 34.3 Å². The number of fused-ring (bicyclic) bond motifs is 1. The second kappa shape index (κ2) is 10.4. The number of amides is 2. The van der Waals surface area contributed by atoms with Gasteiger partial charge in [-0.25, -0.2) is 0 Å². The lowest BCUT2D eigenvalue weighted by molar-refractivity contribution is -0.118. The summed E-state index contributed by atoms with van der Waals surface area (Å²) in [6, 6.07) is 5.66. The molecule has 0 aromatic heterocycles. The lowest BCUT2D eigenvalue weighted by Crippen LogP contribution is -2.46. The molecule has 2 saturated heterocycles. The van der Waals surface area contributed by atoms with Gasteiger partial charge < -0.3 is 15.5 Å². The number of benzene rings is 1. The molecule has 170 valence electrons. The van der Waals surface area contributed by atoms with Gasteiger partial charge in [-0.2, -0.15) is 0 Å². The van der Waals surface area contributed by atoms with Gasteiger partial charge in [-0.1, -0.05) is 32.0 Å². The van der Waals surface area contributed by atoms with Crippen LogP contribution in [0.15, 0.2) is 23.1 Å². The number of hydrogen-bond acceptors (Lipinski definition) is 5. The first-order valence-electron chi connectivity index (χ1n) is 11.9. The Bertz CT molecular complexity index is 786. The molecule has 1 aromatic rings. The second-order valence-electron chi connectivity index (χ2n) is 9.58. The number of nitrogens with one attached hydrogen (secondary N) is 2. The van der Waals surface area contributed by atoms with Crippen molar-refractivity contribution in [2.75, 3.05) is 44.6 Å². The van der Waals surface area contributed by atoms with Crippen LogP contribution in [-0.4, -0.2) is 66.3 Å². The molecule has 0 radical (unpaired) electrons. The molecule has 3 atom stereocenters. The number of piperidine rings is 2. The number of carbonyl (C=O) groups is 2. The molecular formula is C24H36N4O2S. The molecule has 6 nitrogen and oxygen atoms in total. The fourth-order valence-electron chi connectivity index (χ4n) is 5.21. The van der Waals surface area contributed by atoms with E-state index < -0.39 is 0 Å². The molecule has 2 fully saturated rings. The lowest BCUT2D eigenvalue weighted by atomic mass is 9.92. The second-order valence-corrected chi connectivity index (χ2v) is 10.7. The Kier molecular flexibility index (Phi) is 7.56. The molecule has 0 unspecified atom stereocenters. The molecule has 31 heavy (non-hydrogen) atoms. The van der Waals surface area contributed by atoms with E-state index in [0.29, 0.717) is 12.1 Å². The van der Waals surface area contributed by atoms with Gasteiger partial charge in [0, 0.05) is 30.1 Å². The van der Waals surface area contributed by atoms with Crippen LogP contribution in [0.2, 0.25) is 0 Å². The van der Waals surface area contributed by atoms with Crippen molar-refractivity contribution in [3.63, 3.8) is 0 Å². The van der Waals surface area contributed by atoms with Crippen LogP contribution in [0.4, 0.5) is 5.69 Å². The summed E-state index contributed by atoms with van der Waals surface area (Å²) in [5, 5.41) is 5.92. The van der Waals surface area contributed by atoms with Crippen LogP contribution in [0.3, 0.4) is 0 Å². The first kappa shape index (κ1) is 22.6. The van der Waals surface area contributed by atoms with Gasteiger partial charge in [0.2, 0.25) is 0 Å². The van der Waals surface area contributed by atoms with Crippen molar-refractivity contribution in [2.45, 2.75) is 56.2 Å². The summed E-state index contributed by atoms with van der Waals surface area (Å²) < 4.78 is 0. The SMILES string of the molecule is C[C@@H]1C[C@@H](C)CN(CCCNC(=O)c2ccc3c(c2)NC(=O)[C@@H](N2CCCCC2)S3)C1. The van der Waals surface area contributed by atoms with E-state index in [-0.39, 0.29) is 17.2 Å². The quantitative estimate of drug-likeness (QED) is 0.656. The van der Waals surface area contributed by atoms with E-state index >= 15 is 0 Å². The first-order chi connectivity index (χ1) is 15.0. The van der Waals surface area contributed by atoms with Crippen LogP contribution in [0.1, 0.15) is 56.3 Å². The van der Waals surface area contributed by atoms with E-state index in [4.69, 9.17) is 0 Å². The van der Waals surface area contributed by atoms with Gasteiger partial charge in [0.05, 0.1) is 5.69 Å². The summed E-state index contributed by atoms with van der Waals surface area (Å²) in [5.41, 5.74) is 1.36. The summed E-state index contributed by atoms with van der Waals surface area (Å²) in [5.74, 6) is 1.48. The van der Waals surface area contributed by atoms with Crippen molar-refractivity contribution in [1.29, 1.82) is 0 Å². The Morgan fingerprint density at radius 1 is 1.16 bits per heavy atom. The smallest absolute Gasteiger partial charge is 0.252 e.